The summed E-state index contributed by atoms with van der Waals surface area (Å²) in [6, 6.07) is 5.70. The lowest BCUT2D eigenvalue weighted by Gasteiger charge is -2.29. The van der Waals surface area contributed by atoms with E-state index in [9.17, 15) is 17.6 Å². The summed E-state index contributed by atoms with van der Waals surface area (Å²) in [4.78, 5) is 0. The molecule has 1 saturated carbocycles. The second-order valence-corrected chi connectivity index (χ2v) is 9.04. The highest BCUT2D eigenvalue weighted by molar-refractivity contribution is 5.31. The Labute approximate surface area is 184 Å². The van der Waals surface area contributed by atoms with Crippen molar-refractivity contribution >= 4 is 0 Å². The Morgan fingerprint density at radius 3 is 2.06 bits per heavy atom. The van der Waals surface area contributed by atoms with Gasteiger partial charge in [0.25, 0.3) is 0 Å². The number of hydrogen-bond acceptors (Lipinski definition) is 0. The van der Waals surface area contributed by atoms with Gasteiger partial charge >= 0.3 is 0 Å². The predicted octanol–water partition coefficient (Wildman–Crippen LogP) is 8.44. The average molecular weight is 435 g/mol. The number of rotatable bonds is 9. The van der Waals surface area contributed by atoms with Gasteiger partial charge in [0.1, 0.15) is 11.6 Å². The van der Waals surface area contributed by atoms with E-state index in [0.29, 0.717) is 23.5 Å². The van der Waals surface area contributed by atoms with Gasteiger partial charge in [-0.3, -0.25) is 0 Å². The molecule has 170 valence electrons. The highest BCUT2D eigenvalue weighted by Crippen LogP contribution is 2.39. The Kier molecular flexibility index (Phi) is 8.57. The van der Waals surface area contributed by atoms with Gasteiger partial charge in [0.05, 0.1) is 0 Å². The Balaban J connectivity index is 1.63. The third kappa shape index (κ3) is 5.90. The molecule has 3 rings (SSSR count). The summed E-state index contributed by atoms with van der Waals surface area (Å²) in [5.41, 5.74) is 1.20. The van der Waals surface area contributed by atoms with Crippen LogP contribution in [-0.4, -0.2) is 0 Å². The smallest absolute Gasteiger partial charge is 0.162 e. The number of unbranched alkanes of at least 4 members (excludes halogenated alkanes) is 2. The van der Waals surface area contributed by atoms with E-state index >= 15 is 0 Å². The summed E-state index contributed by atoms with van der Waals surface area (Å²) >= 11 is 0. The predicted molar refractivity (Wildman–Crippen MR) is 118 cm³/mol. The van der Waals surface area contributed by atoms with Crippen LogP contribution < -0.4 is 0 Å². The van der Waals surface area contributed by atoms with Gasteiger partial charge in [0, 0.05) is 0 Å². The van der Waals surface area contributed by atoms with Crippen LogP contribution in [0.3, 0.4) is 0 Å². The molecule has 4 heteroatoms. The minimum atomic E-state index is -0.882. The maximum Gasteiger partial charge on any atom is 0.162 e. The molecule has 0 unspecified atom stereocenters. The first-order valence-electron chi connectivity index (χ1n) is 11.9. The van der Waals surface area contributed by atoms with Crippen LogP contribution in [0.5, 0.6) is 0 Å². The van der Waals surface area contributed by atoms with E-state index < -0.39 is 17.5 Å². The zero-order chi connectivity index (χ0) is 22.4. The Morgan fingerprint density at radius 1 is 0.742 bits per heavy atom. The SMILES string of the molecule is CCCCCC1CCC(c2cc(F)c(CCc3ccc(CC)c(F)c3F)cc2F)CC1. The average Bonchev–Trinajstić information content (AvgIpc) is 2.77. The van der Waals surface area contributed by atoms with Gasteiger partial charge in [-0.2, -0.15) is 0 Å². The van der Waals surface area contributed by atoms with Crippen LogP contribution in [0.25, 0.3) is 0 Å². The van der Waals surface area contributed by atoms with Gasteiger partial charge in [0.15, 0.2) is 11.6 Å². The number of benzene rings is 2. The second-order valence-electron chi connectivity index (χ2n) is 9.04. The van der Waals surface area contributed by atoms with E-state index in [0.717, 1.165) is 25.7 Å². The molecule has 0 N–H and O–H groups in total. The van der Waals surface area contributed by atoms with Crippen LogP contribution in [0.4, 0.5) is 17.6 Å². The highest BCUT2D eigenvalue weighted by atomic mass is 19.2. The highest BCUT2D eigenvalue weighted by Gasteiger charge is 2.25. The fraction of sp³-hybridized carbons (Fsp3) is 0.556. The summed E-state index contributed by atoms with van der Waals surface area (Å²) in [7, 11) is 0. The van der Waals surface area contributed by atoms with Crippen molar-refractivity contribution in [1.82, 2.24) is 0 Å². The Morgan fingerprint density at radius 2 is 1.39 bits per heavy atom. The lowest BCUT2D eigenvalue weighted by molar-refractivity contribution is 0.298. The zero-order valence-electron chi connectivity index (χ0n) is 18.8. The molecule has 0 atom stereocenters. The van der Waals surface area contributed by atoms with Crippen LogP contribution in [-0.2, 0) is 19.3 Å². The van der Waals surface area contributed by atoms with Crippen LogP contribution in [0, 0.1) is 29.2 Å². The molecular formula is C27H34F4. The van der Waals surface area contributed by atoms with E-state index in [4.69, 9.17) is 0 Å². The molecule has 0 amide bonds. The molecule has 0 aliphatic heterocycles. The Hall–Kier alpha value is -1.84. The fourth-order valence-corrected chi connectivity index (χ4v) is 4.92. The molecule has 0 spiro atoms. The summed E-state index contributed by atoms with van der Waals surface area (Å²) in [5.74, 6) is -1.77. The largest absolute Gasteiger partial charge is 0.207 e. The summed E-state index contributed by atoms with van der Waals surface area (Å²) in [5, 5.41) is 0. The summed E-state index contributed by atoms with van der Waals surface area (Å²) < 4.78 is 57.8. The van der Waals surface area contributed by atoms with Crippen molar-refractivity contribution in [1.29, 1.82) is 0 Å². The monoisotopic (exact) mass is 434 g/mol. The Bertz CT molecular complexity index is 866. The minimum Gasteiger partial charge on any atom is -0.207 e. The molecule has 31 heavy (non-hydrogen) atoms. The van der Waals surface area contributed by atoms with Crippen molar-refractivity contribution < 1.29 is 17.6 Å². The van der Waals surface area contributed by atoms with Crippen LogP contribution >= 0.6 is 0 Å². The van der Waals surface area contributed by atoms with E-state index in [1.165, 1.54) is 37.8 Å². The van der Waals surface area contributed by atoms with E-state index in [2.05, 4.69) is 6.92 Å². The molecule has 2 aromatic carbocycles. The third-order valence-electron chi connectivity index (χ3n) is 6.96. The first-order chi connectivity index (χ1) is 14.9. The normalized spacial score (nSPS) is 19.0. The van der Waals surface area contributed by atoms with Crippen LogP contribution in [0.15, 0.2) is 24.3 Å². The van der Waals surface area contributed by atoms with Gasteiger partial charge in [-0.1, -0.05) is 51.7 Å². The number of hydrogen-bond donors (Lipinski definition) is 0. The molecule has 1 fully saturated rings. The summed E-state index contributed by atoms with van der Waals surface area (Å²) in [6.45, 7) is 3.96. The molecule has 0 heterocycles. The molecule has 0 nitrogen and oxygen atoms in total. The van der Waals surface area contributed by atoms with Gasteiger partial charge < -0.3 is 0 Å². The van der Waals surface area contributed by atoms with Gasteiger partial charge in [-0.25, -0.2) is 17.6 Å². The fourth-order valence-electron chi connectivity index (χ4n) is 4.92. The summed E-state index contributed by atoms with van der Waals surface area (Å²) in [6.07, 6.45) is 9.62. The molecule has 0 aromatic heterocycles. The lowest BCUT2D eigenvalue weighted by Crippen LogP contribution is -2.15. The van der Waals surface area contributed by atoms with Crippen LogP contribution in [0.2, 0.25) is 0 Å². The molecule has 0 saturated heterocycles. The number of halogens is 4. The van der Waals surface area contributed by atoms with Crippen molar-refractivity contribution in [3.63, 3.8) is 0 Å². The topological polar surface area (TPSA) is 0 Å². The molecule has 1 aliphatic rings. The van der Waals surface area contributed by atoms with E-state index in [1.807, 2.05) is 0 Å². The zero-order valence-corrected chi connectivity index (χ0v) is 18.8. The molecule has 2 aromatic rings. The number of aryl methyl sites for hydroxylation is 3. The first kappa shape index (κ1) is 23.8. The van der Waals surface area contributed by atoms with Crippen molar-refractivity contribution in [3.05, 3.63) is 69.8 Å². The van der Waals surface area contributed by atoms with Crippen molar-refractivity contribution in [2.45, 2.75) is 90.4 Å². The quantitative estimate of drug-likeness (QED) is 0.274. The molecular weight excluding hydrogens is 400 g/mol. The maximum absolute atomic E-state index is 14.8. The van der Waals surface area contributed by atoms with E-state index in [1.54, 1.807) is 19.1 Å². The molecule has 0 bridgehead atoms. The minimum absolute atomic E-state index is 0.0686. The van der Waals surface area contributed by atoms with E-state index in [-0.39, 0.29) is 35.7 Å². The molecule has 1 aliphatic carbocycles. The van der Waals surface area contributed by atoms with Gasteiger partial charge in [-0.15, -0.1) is 0 Å². The molecule has 0 radical (unpaired) electrons. The van der Waals surface area contributed by atoms with Crippen molar-refractivity contribution in [2.75, 3.05) is 0 Å². The first-order valence-corrected chi connectivity index (χ1v) is 11.9. The van der Waals surface area contributed by atoms with Crippen LogP contribution in [0.1, 0.15) is 93.4 Å². The standard InChI is InChI=1S/C27H34F4/c1-3-5-6-7-18-8-10-20(11-9-18)23-17-24(28)22(16-25(23)29)15-14-21-13-12-19(4-2)26(30)27(21)31/h12-13,16-18,20H,3-11,14-15H2,1-2H3. The van der Waals surface area contributed by atoms with Gasteiger partial charge in [-0.05, 0) is 91.2 Å². The maximum atomic E-state index is 14.8. The lowest BCUT2D eigenvalue weighted by atomic mass is 9.76. The third-order valence-corrected chi connectivity index (χ3v) is 6.96. The van der Waals surface area contributed by atoms with Crippen molar-refractivity contribution in [3.8, 4) is 0 Å². The van der Waals surface area contributed by atoms with Crippen molar-refractivity contribution in [2.24, 2.45) is 5.92 Å². The second kappa shape index (κ2) is 11.2. The van der Waals surface area contributed by atoms with Gasteiger partial charge in [0.2, 0.25) is 0 Å².